The van der Waals surface area contributed by atoms with Crippen molar-refractivity contribution in [2.45, 2.75) is 27.2 Å². The summed E-state index contributed by atoms with van der Waals surface area (Å²) in [7, 11) is 2.00. The molecule has 1 N–H and O–H groups in total. The molecule has 1 atom stereocenters. The Morgan fingerprint density at radius 2 is 2.00 bits per heavy atom. The second-order valence-electron chi connectivity index (χ2n) is 5.56. The third kappa shape index (κ3) is 4.61. The molecule has 0 aliphatic heterocycles. The van der Waals surface area contributed by atoms with Gasteiger partial charge in [-0.25, -0.2) is 0 Å². The van der Waals surface area contributed by atoms with E-state index in [0.717, 1.165) is 22.5 Å². The van der Waals surface area contributed by atoms with E-state index in [-0.39, 0.29) is 5.41 Å². The summed E-state index contributed by atoms with van der Waals surface area (Å²) in [5, 5.41) is 4.12. The van der Waals surface area contributed by atoms with Gasteiger partial charge in [-0.15, -0.1) is 0 Å². The fourth-order valence-electron chi connectivity index (χ4n) is 1.88. The monoisotopic (exact) mass is 317 g/mol. The fourth-order valence-corrected chi connectivity index (χ4v) is 2.63. The van der Waals surface area contributed by atoms with Crippen LogP contribution in [-0.4, -0.2) is 13.6 Å². The van der Waals surface area contributed by atoms with Gasteiger partial charge >= 0.3 is 0 Å². The first-order valence-corrected chi connectivity index (χ1v) is 7.10. The lowest BCUT2D eigenvalue weighted by molar-refractivity contribution is 0.235. The van der Waals surface area contributed by atoms with E-state index in [1.807, 2.05) is 13.1 Å². The SMILES string of the molecule is CNCC(Cc1ccc(Br)cc1Cl)C(C)(C)C. The highest BCUT2D eigenvalue weighted by atomic mass is 79.9. The van der Waals surface area contributed by atoms with E-state index in [1.165, 1.54) is 5.56 Å². The second-order valence-corrected chi connectivity index (χ2v) is 6.88. The highest BCUT2D eigenvalue weighted by molar-refractivity contribution is 9.10. The minimum atomic E-state index is 0.277. The smallest absolute Gasteiger partial charge is 0.0449 e. The predicted molar refractivity (Wildman–Crippen MR) is 79.7 cm³/mol. The molecule has 0 aliphatic carbocycles. The van der Waals surface area contributed by atoms with E-state index in [1.54, 1.807) is 0 Å². The van der Waals surface area contributed by atoms with Crippen LogP contribution >= 0.6 is 27.5 Å². The molecule has 96 valence electrons. The molecule has 0 amide bonds. The number of rotatable bonds is 4. The highest BCUT2D eigenvalue weighted by Gasteiger charge is 2.24. The van der Waals surface area contributed by atoms with Crippen molar-refractivity contribution < 1.29 is 0 Å². The Labute approximate surface area is 118 Å². The van der Waals surface area contributed by atoms with Crippen LogP contribution in [0.15, 0.2) is 22.7 Å². The Morgan fingerprint density at radius 1 is 1.35 bits per heavy atom. The van der Waals surface area contributed by atoms with Crippen LogP contribution in [-0.2, 0) is 6.42 Å². The molecule has 1 nitrogen and oxygen atoms in total. The third-order valence-corrected chi connectivity index (χ3v) is 4.00. The van der Waals surface area contributed by atoms with Crippen LogP contribution in [0.4, 0.5) is 0 Å². The van der Waals surface area contributed by atoms with E-state index in [4.69, 9.17) is 11.6 Å². The highest BCUT2D eigenvalue weighted by Crippen LogP contribution is 2.31. The van der Waals surface area contributed by atoms with Gasteiger partial charge < -0.3 is 5.32 Å². The van der Waals surface area contributed by atoms with Gasteiger partial charge in [0.25, 0.3) is 0 Å². The molecule has 0 radical (unpaired) electrons. The molecule has 1 aromatic carbocycles. The van der Waals surface area contributed by atoms with Crippen molar-refractivity contribution in [1.82, 2.24) is 5.32 Å². The van der Waals surface area contributed by atoms with Crippen molar-refractivity contribution in [3.05, 3.63) is 33.3 Å². The molecule has 17 heavy (non-hydrogen) atoms. The summed E-state index contributed by atoms with van der Waals surface area (Å²) in [6.45, 7) is 7.85. The van der Waals surface area contributed by atoms with Crippen molar-refractivity contribution in [1.29, 1.82) is 0 Å². The van der Waals surface area contributed by atoms with Gasteiger partial charge in [-0.05, 0) is 49.0 Å². The molecule has 0 aromatic heterocycles. The van der Waals surface area contributed by atoms with Gasteiger partial charge in [0.1, 0.15) is 0 Å². The topological polar surface area (TPSA) is 12.0 Å². The van der Waals surface area contributed by atoms with E-state index in [9.17, 15) is 0 Å². The minimum Gasteiger partial charge on any atom is -0.319 e. The van der Waals surface area contributed by atoms with Crippen LogP contribution in [0.2, 0.25) is 5.02 Å². The number of hydrogen-bond acceptors (Lipinski definition) is 1. The first-order valence-electron chi connectivity index (χ1n) is 5.93. The maximum absolute atomic E-state index is 6.27. The van der Waals surface area contributed by atoms with Gasteiger partial charge in [-0.2, -0.15) is 0 Å². The van der Waals surface area contributed by atoms with Crippen molar-refractivity contribution >= 4 is 27.5 Å². The molecule has 0 saturated heterocycles. The molecule has 0 bridgehead atoms. The summed E-state index contributed by atoms with van der Waals surface area (Å²) in [6, 6.07) is 6.14. The molecule has 3 heteroatoms. The molecule has 0 aliphatic rings. The molecule has 1 rings (SSSR count). The van der Waals surface area contributed by atoms with E-state index in [0.29, 0.717) is 5.92 Å². The Morgan fingerprint density at radius 3 is 2.47 bits per heavy atom. The molecule has 0 heterocycles. The van der Waals surface area contributed by atoms with Crippen LogP contribution in [0, 0.1) is 11.3 Å². The van der Waals surface area contributed by atoms with E-state index in [2.05, 4.69) is 54.2 Å². The van der Waals surface area contributed by atoms with Gasteiger partial charge in [0, 0.05) is 9.50 Å². The molecule has 1 unspecified atom stereocenters. The molecular weight excluding hydrogens is 298 g/mol. The maximum atomic E-state index is 6.27. The average molecular weight is 319 g/mol. The average Bonchev–Trinajstić information content (AvgIpc) is 2.19. The zero-order chi connectivity index (χ0) is 13.1. The Bertz CT molecular complexity index is 371. The first-order chi connectivity index (χ1) is 7.84. The Balaban J connectivity index is 2.86. The van der Waals surface area contributed by atoms with Gasteiger partial charge in [-0.1, -0.05) is 54.4 Å². The lowest BCUT2D eigenvalue weighted by atomic mass is 9.77. The summed E-state index contributed by atoms with van der Waals surface area (Å²) in [4.78, 5) is 0. The van der Waals surface area contributed by atoms with Crippen LogP contribution in [0.1, 0.15) is 26.3 Å². The van der Waals surface area contributed by atoms with Crippen LogP contribution in [0.5, 0.6) is 0 Å². The third-order valence-electron chi connectivity index (χ3n) is 3.16. The largest absolute Gasteiger partial charge is 0.319 e. The summed E-state index contributed by atoms with van der Waals surface area (Å²) >= 11 is 9.71. The van der Waals surface area contributed by atoms with Gasteiger partial charge in [0.15, 0.2) is 0 Å². The van der Waals surface area contributed by atoms with Crippen LogP contribution in [0.25, 0.3) is 0 Å². The maximum Gasteiger partial charge on any atom is 0.0449 e. The molecule has 1 aromatic rings. The summed E-state index contributed by atoms with van der Waals surface area (Å²) in [5.74, 6) is 0.575. The van der Waals surface area contributed by atoms with Crippen LogP contribution < -0.4 is 5.32 Å². The fraction of sp³-hybridized carbons (Fsp3) is 0.571. The van der Waals surface area contributed by atoms with Crippen molar-refractivity contribution in [2.24, 2.45) is 11.3 Å². The van der Waals surface area contributed by atoms with Gasteiger partial charge in [0.05, 0.1) is 0 Å². The predicted octanol–water partition coefficient (Wildman–Crippen LogP) is 4.53. The zero-order valence-electron chi connectivity index (χ0n) is 11.0. The number of nitrogens with one attached hydrogen (secondary N) is 1. The lowest BCUT2D eigenvalue weighted by Crippen LogP contribution is -2.31. The number of hydrogen-bond donors (Lipinski definition) is 1. The van der Waals surface area contributed by atoms with Crippen LogP contribution in [0.3, 0.4) is 0 Å². The summed E-state index contributed by atoms with van der Waals surface area (Å²) in [6.07, 6.45) is 1.01. The first kappa shape index (κ1) is 15.0. The van der Waals surface area contributed by atoms with Crippen molar-refractivity contribution in [3.8, 4) is 0 Å². The number of benzene rings is 1. The molecule has 0 spiro atoms. The standard InChI is InChI=1S/C14H21BrClN/c1-14(2,3)11(9-17-4)7-10-5-6-12(15)8-13(10)16/h5-6,8,11,17H,7,9H2,1-4H3. The lowest BCUT2D eigenvalue weighted by Gasteiger charge is -2.31. The van der Waals surface area contributed by atoms with Gasteiger partial charge in [-0.3, -0.25) is 0 Å². The summed E-state index contributed by atoms with van der Waals surface area (Å²) < 4.78 is 1.03. The number of halogens is 2. The molecule has 0 saturated carbocycles. The molecule has 0 fully saturated rings. The van der Waals surface area contributed by atoms with Gasteiger partial charge in [0.2, 0.25) is 0 Å². The van der Waals surface area contributed by atoms with E-state index < -0.39 is 0 Å². The van der Waals surface area contributed by atoms with E-state index >= 15 is 0 Å². The quantitative estimate of drug-likeness (QED) is 0.860. The zero-order valence-corrected chi connectivity index (χ0v) is 13.3. The normalized spacial score (nSPS) is 13.8. The molecular formula is C14H21BrClN. The second kappa shape index (κ2) is 6.21. The summed E-state index contributed by atoms with van der Waals surface area (Å²) in [5.41, 5.74) is 1.50. The van der Waals surface area contributed by atoms with Crippen molar-refractivity contribution in [3.63, 3.8) is 0 Å². The Hall–Kier alpha value is -0.0500. The van der Waals surface area contributed by atoms with Crippen molar-refractivity contribution in [2.75, 3.05) is 13.6 Å². The minimum absolute atomic E-state index is 0.277. The Kier molecular flexibility index (Phi) is 5.49.